The number of aromatic carboxylic acids is 1. The minimum atomic E-state index is -1.21. The van der Waals surface area contributed by atoms with E-state index in [9.17, 15) is 19.1 Å². The number of benzene rings is 1. The van der Waals surface area contributed by atoms with E-state index in [1.54, 1.807) is 6.92 Å². The predicted octanol–water partition coefficient (Wildman–Crippen LogP) is 3.37. The molecule has 0 spiro atoms. The number of nitrogens with one attached hydrogen (secondary N) is 1. The van der Waals surface area contributed by atoms with Crippen molar-refractivity contribution in [3.8, 4) is 0 Å². The molecular weight excluding hydrogens is 335 g/mol. The molecule has 0 aliphatic rings. The summed E-state index contributed by atoms with van der Waals surface area (Å²) in [6.07, 6.45) is 2.03. The largest absolute Gasteiger partial charge is 0.478 e. The van der Waals surface area contributed by atoms with E-state index >= 15 is 0 Å². The molecule has 0 bridgehead atoms. The average Bonchev–Trinajstić information content (AvgIpc) is 2.51. The summed E-state index contributed by atoms with van der Waals surface area (Å²) in [4.78, 5) is 27.6. The van der Waals surface area contributed by atoms with Crippen molar-refractivity contribution in [3.63, 3.8) is 0 Å². The number of carbonyl (C=O) groups excluding carboxylic acids is 1. The van der Waals surface area contributed by atoms with Crippen LogP contribution in [0.5, 0.6) is 0 Å². The summed E-state index contributed by atoms with van der Waals surface area (Å²) < 4.78 is 13.4. The Balaban J connectivity index is 2.24. The highest BCUT2D eigenvalue weighted by molar-refractivity contribution is 6.34. The molecule has 2 N–H and O–H groups in total. The Morgan fingerprint density at radius 1 is 1.33 bits per heavy atom. The average molecular weight is 351 g/mol. The van der Waals surface area contributed by atoms with E-state index < -0.39 is 17.7 Å². The molecule has 24 heavy (non-hydrogen) atoms. The molecule has 5 nitrogen and oxygen atoms in total. The van der Waals surface area contributed by atoms with Gasteiger partial charge in [0.1, 0.15) is 11.4 Å². The SMILES string of the molecule is CCc1cnc(CNC(=O)c2cc(C)cc(F)c2)c(C(=O)O)c1Cl. The molecule has 1 aromatic carbocycles. The lowest BCUT2D eigenvalue weighted by Crippen LogP contribution is -2.25. The molecule has 0 aliphatic heterocycles. The van der Waals surface area contributed by atoms with Gasteiger partial charge in [-0.15, -0.1) is 0 Å². The minimum absolute atomic E-state index is 0.117. The number of pyridine rings is 1. The Morgan fingerprint density at radius 3 is 2.62 bits per heavy atom. The third kappa shape index (κ3) is 3.89. The van der Waals surface area contributed by atoms with Gasteiger partial charge in [0.05, 0.1) is 17.3 Å². The summed E-state index contributed by atoms with van der Waals surface area (Å²) in [6, 6.07) is 3.96. The maximum absolute atomic E-state index is 13.4. The molecule has 7 heteroatoms. The molecule has 0 unspecified atom stereocenters. The maximum atomic E-state index is 13.4. The molecule has 0 aliphatic carbocycles. The van der Waals surface area contributed by atoms with Crippen molar-refractivity contribution in [3.05, 3.63) is 63.2 Å². The van der Waals surface area contributed by atoms with Gasteiger partial charge < -0.3 is 10.4 Å². The standard InChI is InChI=1S/C17H16ClFN2O3/c1-3-10-7-20-13(14(15(10)18)17(23)24)8-21-16(22)11-4-9(2)5-12(19)6-11/h4-7H,3,8H2,1-2H3,(H,21,22)(H,23,24). The third-order valence-electron chi connectivity index (χ3n) is 3.48. The smallest absolute Gasteiger partial charge is 0.339 e. The lowest BCUT2D eigenvalue weighted by Gasteiger charge is -2.11. The Hall–Kier alpha value is -2.47. The normalized spacial score (nSPS) is 10.5. The number of aryl methyl sites for hydroxylation is 2. The van der Waals surface area contributed by atoms with Crippen molar-refractivity contribution in [1.29, 1.82) is 0 Å². The highest BCUT2D eigenvalue weighted by Gasteiger charge is 2.19. The molecule has 0 fully saturated rings. The second-order valence-electron chi connectivity index (χ2n) is 5.28. The molecule has 1 aromatic heterocycles. The van der Waals surface area contributed by atoms with Gasteiger partial charge in [0, 0.05) is 11.8 Å². The van der Waals surface area contributed by atoms with Gasteiger partial charge in [-0.3, -0.25) is 9.78 Å². The molecule has 0 radical (unpaired) electrons. The van der Waals surface area contributed by atoms with Gasteiger partial charge in [-0.1, -0.05) is 18.5 Å². The number of rotatable bonds is 5. The summed E-state index contributed by atoms with van der Waals surface area (Å²) in [7, 11) is 0. The van der Waals surface area contributed by atoms with Crippen LogP contribution in [0.1, 0.15) is 44.5 Å². The Kier molecular flexibility index (Phi) is 5.51. The Bertz CT molecular complexity index is 788. The van der Waals surface area contributed by atoms with E-state index in [4.69, 9.17) is 11.6 Å². The Labute approximate surface area is 143 Å². The van der Waals surface area contributed by atoms with Crippen molar-refractivity contribution in [1.82, 2.24) is 10.3 Å². The van der Waals surface area contributed by atoms with Crippen molar-refractivity contribution < 1.29 is 19.1 Å². The fraction of sp³-hybridized carbons (Fsp3) is 0.235. The first-order valence-corrected chi connectivity index (χ1v) is 7.66. The van der Waals surface area contributed by atoms with E-state index in [0.717, 1.165) is 6.07 Å². The molecule has 0 saturated carbocycles. The van der Waals surface area contributed by atoms with Crippen molar-refractivity contribution >= 4 is 23.5 Å². The monoisotopic (exact) mass is 350 g/mol. The zero-order valence-electron chi connectivity index (χ0n) is 13.2. The molecule has 0 atom stereocenters. The van der Waals surface area contributed by atoms with Crippen LogP contribution >= 0.6 is 11.6 Å². The van der Waals surface area contributed by atoms with Gasteiger partial charge >= 0.3 is 5.97 Å². The topological polar surface area (TPSA) is 79.3 Å². The van der Waals surface area contributed by atoms with Crippen LogP contribution < -0.4 is 5.32 Å². The zero-order valence-corrected chi connectivity index (χ0v) is 13.9. The lowest BCUT2D eigenvalue weighted by molar-refractivity contribution is 0.0693. The fourth-order valence-corrected chi connectivity index (χ4v) is 2.67. The van der Waals surface area contributed by atoms with E-state index in [1.165, 1.54) is 18.3 Å². The van der Waals surface area contributed by atoms with Gasteiger partial charge in [0.15, 0.2) is 0 Å². The van der Waals surface area contributed by atoms with E-state index in [0.29, 0.717) is 17.5 Å². The van der Waals surface area contributed by atoms with Gasteiger partial charge in [-0.05, 0) is 42.7 Å². The predicted molar refractivity (Wildman–Crippen MR) is 87.9 cm³/mol. The van der Waals surface area contributed by atoms with Crippen LogP contribution in [0.2, 0.25) is 5.02 Å². The van der Waals surface area contributed by atoms with Crippen LogP contribution in [0.25, 0.3) is 0 Å². The van der Waals surface area contributed by atoms with Crippen molar-refractivity contribution in [2.24, 2.45) is 0 Å². The molecule has 1 amide bonds. The van der Waals surface area contributed by atoms with Crippen LogP contribution in [-0.2, 0) is 13.0 Å². The number of hydrogen-bond acceptors (Lipinski definition) is 3. The van der Waals surface area contributed by atoms with E-state index in [2.05, 4.69) is 10.3 Å². The summed E-state index contributed by atoms with van der Waals surface area (Å²) >= 11 is 6.10. The first kappa shape index (κ1) is 17.9. The van der Waals surface area contributed by atoms with Crippen molar-refractivity contribution in [2.45, 2.75) is 26.8 Å². The van der Waals surface area contributed by atoms with Crippen molar-refractivity contribution in [2.75, 3.05) is 0 Å². The van der Waals surface area contributed by atoms with Crippen LogP contribution in [0.3, 0.4) is 0 Å². The zero-order chi connectivity index (χ0) is 17.9. The second kappa shape index (κ2) is 7.40. The quantitative estimate of drug-likeness (QED) is 0.866. The fourth-order valence-electron chi connectivity index (χ4n) is 2.30. The number of halogens is 2. The number of hydrogen-bond donors (Lipinski definition) is 2. The van der Waals surface area contributed by atoms with Crippen LogP contribution in [0.15, 0.2) is 24.4 Å². The minimum Gasteiger partial charge on any atom is -0.478 e. The lowest BCUT2D eigenvalue weighted by atomic mass is 10.1. The van der Waals surface area contributed by atoms with E-state index in [-0.39, 0.29) is 28.4 Å². The molecule has 2 rings (SSSR count). The molecule has 2 aromatic rings. The molecule has 0 saturated heterocycles. The molecular formula is C17H16ClFN2O3. The summed E-state index contributed by atoms with van der Waals surface area (Å²) in [6.45, 7) is 3.38. The number of carboxylic acids is 1. The Morgan fingerprint density at radius 2 is 2.04 bits per heavy atom. The summed E-state index contributed by atoms with van der Waals surface area (Å²) in [5, 5.41) is 12.0. The van der Waals surface area contributed by atoms with Crippen LogP contribution in [0, 0.1) is 12.7 Å². The van der Waals surface area contributed by atoms with Crippen LogP contribution in [0.4, 0.5) is 4.39 Å². The number of aromatic nitrogens is 1. The van der Waals surface area contributed by atoms with E-state index in [1.807, 2.05) is 6.92 Å². The van der Waals surface area contributed by atoms with Gasteiger partial charge in [-0.2, -0.15) is 0 Å². The molecule has 126 valence electrons. The number of carboxylic acid groups (broad SMARTS) is 1. The summed E-state index contributed by atoms with van der Waals surface area (Å²) in [5.74, 6) is -2.25. The first-order chi connectivity index (χ1) is 11.3. The van der Waals surface area contributed by atoms with Gasteiger partial charge in [0.2, 0.25) is 0 Å². The highest BCUT2D eigenvalue weighted by atomic mass is 35.5. The van der Waals surface area contributed by atoms with Gasteiger partial charge in [-0.25, -0.2) is 9.18 Å². The maximum Gasteiger partial charge on any atom is 0.339 e. The van der Waals surface area contributed by atoms with Gasteiger partial charge in [0.25, 0.3) is 5.91 Å². The number of amides is 1. The first-order valence-electron chi connectivity index (χ1n) is 7.28. The summed E-state index contributed by atoms with van der Waals surface area (Å²) in [5.41, 5.74) is 1.39. The highest BCUT2D eigenvalue weighted by Crippen LogP contribution is 2.24. The number of nitrogens with zero attached hydrogens (tertiary/aromatic N) is 1. The second-order valence-corrected chi connectivity index (χ2v) is 5.66. The number of carbonyl (C=O) groups is 2. The van der Waals surface area contributed by atoms with Crippen LogP contribution in [-0.4, -0.2) is 22.0 Å². The molecule has 1 heterocycles. The third-order valence-corrected chi connectivity index (χ3v) is 3.91.